The van der Waals surface area contributed by atoms with Gasteiger partial charge in [0.2, 0.25) is 0 Å². The topological polar surface area (TPSA) is 86.4 Å². The van der Waals surface area contributed by atoms with E-state index in [9.17, 15) is 9.90 Å². The number of ether oxygens (including phenoxy) is 1. The highest BCUT2D eigenvalue weighted by atomic mass is 16.5. The summed E-state index contributed by atoms with van der Waals surface area (Å²) >= 11 is 0. The van der Waals surface area contributed by atoms with E-state index in [1.54, 1.807) is 7.11 Å². The zero-order chi connectivity index (χ0) is 27.0. The molecular formula is C29H40N6O3. The first-order valence-corrected chi connectivity index (χ1v) is 13.8. The number of anilines is 1. The molecule has 0 unspecified atom stereocenters. The van der Waals surface area contributed by atoms with Crippen molar-refractivity contribution in [1.29, 1.82) is 0 Å². The van der Waals surface area contributed by atoms with Gasteiger partial charge in [-0.05, 0) is 52.3 Å². The van der Waals surface area contributed by atoms with Crippen LogP contribution in [0.3, 0.4) is 0 Å². The second-order valence-corrected chi connectivity index (χ2v) is 10.9. The maximum absolute atomic E-state index is 12.2. The second kappa shape index (κ2) is 10.9. The van der Waals surface area contributed by atoms with E-state index >= 15 is 0 Å². The number of piperazine rings is 1. The number of imidazole rings is 1. The van der Waals surface area contributed by atoms with Crippen LogP contribution in [0.25, 0.3) is 16.8 Å². The van der Waals surface area contributed by atoms with Crippen LogP contribution in [0, 0.1) is 6.92 Å². The number of carboxylic acid groups (broad SMARTS) is 1. The molecule has 9 nitrogen and oxygen atoms in total. The Hall–Kier alpha value is -3.17. The molecule has 2 aromatic heterocycles. The molecule has 5 rings (SSSR count). The molecule has 3 heterocycles. The van der Waals surface area contributed by atoms with E-state index in [4.69, 9.17) is 9.72 Å². The molecular weight excluding hydrogens is 480 g/mol. The Kier molecular flexibility index (Phi) is 7.59. The van der Waals surface area contributed by atoms with Gasteiger partial charge >= 0.3 is 6.09 Å². The van der Waals surface area contributed by atoms with Gasteiger partial charge in [-0.2, -0.15) is 0 Å². The normalized spacial score (nSPS) is 21.3. The number of nitrogens with zero attached hydrogens (tertiary/aromatic N) is 6. The van der Waals surface area contributed by atoms with E-state index in [0.717, 1.165) is 80.2 Å². The van der Waals surface area contributed by atoms with Crippen molar-refractivity contribution in [2.75, 3.05) is 45.2 Å². The van der Waals surface area contributed by atoms with Crippen LogP contribution in [0.2, 0.25) is 0 Å². The summed E-state index contributed by atoms with van der Waals surface area (Å²) in [5.41, 5.74) is 4.23. The standard InChI is InChI=1S/C29H40N6O3/c1-6-7-19(2)35(29(36)37)24-9-8-21(18-25(24)38-5)26-27-20(3)30-10-11-34(27)28(31-26)22-16-23(17-22)33-14-12-32(4)13-15-33/h8-11,18-19,22-23H,6-7,12-17H2,1-5H3,(H,36,37)/t19-,22-,23-/m0/s1. The molecule has 1 amide bonds. The van der Waals surface area contributed by atoms with Crippen LogP contribution in [0.4, 0.5) is 10.5 Å². The molecule has 2 fully saturated rings. The third-order valence-electron chi connectivity index (χ3n) is 8.36. The number of rotatable bonds is 8. The number of methoxy groups -OCH3 is 1. The van der Waals surface area contributed by atoms with Crippen molar-refractivity contribution in [3.8, 4) is 17.0 Å². The first kappa shape index (κ1) is 26.4. The minimum Gasteiger partial charge on any atom is -0.495 e. The zero-order valence-corrected chi connectivity index (χ0v) is 23.2. The number of hydrogen-bond acceptors (Lipinski definition) is 6. The Morgan fingerprint density at radius 2 is 1.97 bits per heavy atom. The Morgan fingerprint density at radius 3 is 2.63 bits per heavy atom. The summed E-state index contributed by atoms with van der Waals surface area (Å²) in [6.07, 6.45) is 6.79. The Bertz CT molecular complexity index is 1290. The van der Waals surface area contributed by atoms with E-state index in [1.807, 2.05) is 44.4 Å². The molecule has 1 aliphatic heterocycles. The zero-order valence-electron chi connectivity index (χ0n) is 23.2. The third-order valence-corrected chi connectivity index (χ3v) is 8.36. The van der Waals surface area contributed by atoms with Gasteiger partial charge in [0.25, 0.3) is 0 Å². The van der Waals surface area contributed by atoms with Crippen LogP contribution in [0.5, 0.6) is 5.75 Å². The van der Waals surface area contributed by atoms with E-state index in [2.05, 4.69) is 33.2 Å². The van der Waals surface area contributed by atoms with Gasteiger partial charge in [0.1, 0.15) is 11.6 Å². The molecule has 3 aromatic rings. The van der Waals surface area contributed by atoms with Crippen molar-refractivity contribution in [3.63, 3.8) is 0 Å². The van der Waals surface area contributed by atoms with Crippen molar-refractivity contribution in [3.05, 3.63) is 42.1 Å². The van der Waals surface area contributed by atoms with Gasteiger partial charge in [-0.1, -0.05) is 19.4 Å². The number of aryl methyl sites for hydroxylation is 1. The van der Waals surface area contributed by atoms with Crippen LogP contribution in [0.1, 0.15) is 57.0 Å². The summed E-state index contributed by atoms with van der Waals surface area (Å²) < 4.78 is 7.92. The molecule has 1 saturated carbocycles. The lowest BCUT2D eigenvalue weighted by molar-refractivity contribution is 0.0586. The van der Waals surface area contributed by atoms with Crippen LogP contribution in [0.15, 0.2) is 30.6 Å². The molecule has 1 aliphatic carbocycles. The van der Waals surface area contributed by atoms with Crippen LogP contribution in [-0.2, 0) is 0 Å². The quantitative estimate of drug-likeness (QED) is 0.453. The largest absolute Gasteiger partial charge is 0.495 e. The predicted octanol–water partition coefficient (Wildman–Crippen LogP) is 4.88. The minimum absolute atomic E-state index is 0.157. The van der Waals surface area contributed by atoms with Gasteiger partial charge in [-0.15, -0.1) is 0 Å². The molecule has 38 heavy (non-hydrogen) atoms. The lowest BCUT2D eigenvalue weighted by atomic mass is 9.78. The highest BCUT2D eigenvalue weighted by Gasteiger charge is 2.38. The number of likely N-dealkylation sites (N-methyl/N-ethyl adjacent to an activating group) is 1. The molecule has 1 saturated heterocycles. The van der Waals surface area contributed by atoms with Crippen LogP contribution in [-0.4, -0.2) is 87.8 Å². The van der Waals surface area contributed by atoms with Gasteiger partial charge in [0.05, 0.1) is 29.7 Å². The van der Waals surface area contributed by atoms with Crippen molar-refractivity contribution >= 4 is 17.3 Å². The number of benzene rings is 1. The van der Waals surface area contributed by atoms with Crippen molar-refractivity contribution < 1.29 is 14.6 Å². The van der Waals surface area contributed by atoms with Crippen molar-refractivity contribution in [2.45, 2.75) is 64.5 Å². The van der Waals surface area contributed by atoms with Crippen LogP contribution >= 0.6 is 0 Å². The molecule has 2 aliphatic rings. The van der Waals surface area contributed by atoms with Gasteiger partial charge in [-0.25, -0.2) is 9.78 Å². The van der Waals surface area contributed by atoms with Gasteiger partial charge in [-0.3, -0.25) is 19.2 Å². The third kappa shape index (κ3) is 4.85. The first-order valence-electron chi connectivity index (χ1n) is 13.8. The smallest absolute Gasteiger partial charge is 0.412 e. The molecule has 204 valence electrons. The fourth-order valence-corrected chi connectivity index (χ4v) is 6.09. The summed E-state index contributed by atoms with van der Waals surface area (Å²) in [4.78, 5) is 28.4. The van der Waals surface area contributed by atoms with Gasteiger partial charge in [0, 0.05) is 62.1 Å². The molecule has 1 atom stereocenters. The van der Waals surface area contributed by atoms with E-state index < -0.39 is 6.09 Å². The van der Waals surface area contributed by atoms with Crippen molar-refractivity contribution in [2.24, 2.45) is 0 Å². The van der Waals surface area contributed by atoms with Gasteiger partial charge in [0.15, 0.2) is 0 Å². The maximum Gasteiger partial charge on any atom is 0.412 e. The lowest BCUT2D eigenvalue weighted by Crippen LogP contribution is -2.52. The molecule has 0 spiro atoms. The summed E-state index contributed by atoms with van der Waals surface area (Å²) in [7, 11) is 3.78. The van der Waals surface area contributed by atoms with Crippen molar-refractivity contribution in [1.82, 2.24) is 24.2 Å². The maximum atomic E-state index is 12.2. The number of carbonyl (C=O) groups is 1. The lowest BCUT2D eigenvalue weighted by Gasteiger charge is -2.45. The Balaban J connectivity index is 1.47. The predicted molar refractivity (Wildman–Crippen MR) is 149 cm³/mol. The Morgan fingerprint density at radius 1 is 1.24 bits per heavy atom. The van der Waals surface area contributed by atoms with Crippen LogP contribution < -0.4 is 9.64 Å². The highest BCUT2D eigenvalue weighted by molar-refractivity contribution is 5.90. The highest BCUT2D eigenvalue weighted by Crippen LogP contribution is 2.42. The second-order valence-electron chi connectivity index (χ2n) is 10.9. The fourth-order valence-electron chi connectivity index (χ4n) is 6.09. The summed E-state index contributed by atoms with van der Waals surface area (Å²) in [5, 5.41) is 9.97. The summed E-state index contributed by atoms with van der Waals surface area (Å²) in [5.74, 6) is 2.01. The monoisotopic (exact) mass is 520 g/mol. The minimum atomic E-state index is -0.980. The summed E-state index contributed by atoms with van der Waals surface area (Å²) in [6, 6.07) is 6.18. The average Bonchev–Trinajstić information content (AvgIpc) is 3.25. The Labute approximate surface area is 225 Å². The molecule has 1 aromatic carbocycles. The van der Waals surface area contributed by atoms with Gasteiger partial charge < -0.3 is 14.7 Å². The first-order chi connectivity index (χ1) is 18.3. The fraction of sp³-hybridized carbons (Fsp3) is 0.552. The number of hydrogen-bond donors (Lipinski definition) is 1. The number of aromatic nitrogens is 3. The SMILES string of the molecule is CCC[C@H](C)N(C(=O)O)c1ccc(-c2nc([C@H]3C[C@H](N4CCN(C)CC4)C3)n3ccnc(C)c23)cc1OC. The molecule has 0 radical (unpaired) electrons. The molecule has 9 heteroatoms. The van der Waals surface area contributed by atoms with E-state index in [1.165, 1.54) is 4.90 Å². The molecule has 0 bridgehead atoms. The van der Waals surface area contributed by atoms with E-state index in [-0.39, 0.29) is 6.04 Å². The number of amides is 1. The average molecular weight is 521 g/mol. The summed E-state index contributed by atoms with van der Waals surface area (Å²) in [6.45, 7) is 10.6. The van der Waals surface area contributed by atoms with E-state index in [0.29, 0.717) is 23.4 Å². The number of fused-ring (bicyclic) bond motifs is 1. The molecule has 1 N–H and O–H groups in total.